The van der Waals surface area contributed by atoms with E-state index < -0.39 is 0 Å². The van der Waals surface area contributed by atoms with Crippen molar-refractivity contribution in [2.75, 3.05) is 6.54 Å². The van der Waals surface area contributed by atoms with E-state index in [1.165, 1.54) is 0 Å². The topological polar surface area (TPSA) is 64.7 Å². The molecule has 7 heteroatoms. The fraction of sp³-hybridized carbons (Fsp3) is 0.462. The quantitative estimate of drug-likeness (QED) is 0.814. The SMILES string of the molecule is Cc1ccn(CCCNC(=O)Cn2cc(Br)c(C)n2)n1. The van der Waals surface area contributed by atoms with Gasteiger partial charge in [0.05, 0.1) is 15.9 Å². The van der Waals surface area contributed by atoms with E-state index in [2.05, 4.69) is 31.4 Å². The second-order valence-corrected chi connectivity index (χ2v) is 5.54. The predicted octanol–water partition coefficient (Wildman–Crippen LogP) is 1.67. The largest absolute Gasteiger partial charge is 0.354 e. The molecular weight excluding hydrogens is 322 g/mol. The third kappa shape index (κ3) is 4.19. The van der Waals surface area contributed by atoms with Gasteiger partial charge in [-0.15, -0.1) is 0 Å². The summed E-state index contributed by atoms with van der Waals surface area (Å²) in [5.74, 6) is -0.0309. The Balaban J connectivity index is 1.67. The van der Waals surface area contributed by atoms with Crippen molar-refractivity contribution in [3.63, 3.8) is 0 Å². The first-order valence-corrected chi connectivity index (χ1v) is 7.30. The first-order valence-electron chi connectivity index (χ1n) is 6.51. The van der Waals surface area contributed by atoms with Crippen LogP contribution >= 0.6 is 15.9 Å². The van der Waals surface area contributed by atoms with Gasteiger partial charge in [0.1, 0.15) is 6.54 Å². The Morgan fingerprint density at radius 2 is 2.15 bits per heavy atom. The molecule has 2 rings (SSSR count). The van der Waals surface area contributed by atoms with Crippen molar-refractivity contribution in [3.05, 3.63) is 34.3 Å². The van der Waals surface area contributed by atoms with E-state index in [9.17, 15) is 4.79 Å². The van der Waals surface area contributed by atoms with Crippen molar-refractivity contribution in [2.45, 2.75) is 33.4 Å². The van der Waals surface area contributed by atoms with Crippen molar-refractivity contribution < 1.29 is 4.79 Å². The number of rotatable bonds is 6. The van der Waals surface area contributed by atoms with Gasteiger partial charge in [0.15, 0.2) is 0 Å². The van der Waals surface area contributed by atoms with E-state index in [0.717, 1.165) is 28.8 Å². The number of carbonyl (C=O) groups excluding carboxylic acids is 1. The average Bonchev–Trinajstić information content (AvgIpc) is 2.92. The van der Waals surface area contributed by atoms with Gasteiger partial charge >= 0.3 is 0 Å². The average molecular weight is 340 g/mol. The van der Waals surface area contributed by atoms with Crippen LogP contribution in [0.4, 0.5) is 0 Å². The molecule has 0 aromatic carbocycles. The van der Waals surface area contributed by atoms with Gasteiger partial charge < -0.3 is 5.32 Å². The molecule has 0 aliphatic carbocycles. The third-order valence-corrected chi connectivity index (χ3v) is 3.63. The van der Waals surface area contributed by atoms with Crippen molar-refractivity contribution in [2.24, 2.45) is 0 Å². The lowest BCUT2D eigenvalue weighted by atomic mass is 10.4. The molecule has 0 saturated heterocycles. The molecule has 2 aromatic rings. The maximum atomic E-state index is 11.7. The fourth-order valence-corrected chi connectivity index (χ4v) is 2.15. The highest BCUT2D eigenvalue weighted by Crippen LogP contribution is 2.12. The summed E-state index contributed by atoms with van der Waals surface area (Å²) < 4.78 is 4.43. The number of aryl methyl sites for hydroxylation is 3. The maximum absolute atomic E-state index is 11.7. The zero-order chi connectivity index (χ0) is 14.5. The molecule has 108 valence electrons. The lowest BCUT2D eigenvalue weighted by molar-refractivity contribution is -0.121. The second-order valence-electron chi connectivity index (χ2n) is 4.68. The summed E-state index contributed by atoms with van der Waals surface area (Å²) in [5, 5.41) is 11.4. The van der Waals surface area contributed by atoms with E-state index in [1.807, 2.05) is 30.8 Å². The number of nitrogens with one attached hydrogen (secondary N) is 1. The molecule has 2 heterocycles. The number of hydrogen-bond donors (Lipinski definition) is 1. The van der Waals surface area contributed by atoms with Gasteiger partial charge in [0.2, 0.25) is 5.91 Å². The van der Waals surface area contributed by atoms with Crippen LogP contribution in [-0.2, 0) is 17.9 Å². The molecule has 0 saturated carbocycles. The fourth-order valence-electron chi connectivity index (χ4n) is 1.83. The Bertz CT molecular complexity index is 570. The minimum Gasteiger partial charge on any atom is -0.354 e. The molecule has 1 amide bonds. The number of nitrogens with zero attached hydrogens (tertiary/aromatic N) is 4. The van der Waals surface area contributed by atoms with Crippen LogP contribution < -0.4 is 5.32 Å². The van der Waals surface area contributed by atoms with Gasteiger partial charge in [0, 0.05) is 25.5 Å². The van der Waals surface area contributed by atoms with Crippen LogP contribution in [0.1, 0.15) is 17.8 Å². The summed E-state index contributed by atoms with van der Waals surface area (Å²) in [6, 6.07) is 1.97. The number of amides is 1. The van der Waals surface area contributed by atoms with Crippen molar-refractivity contribution in [1.29, 1.82) is 0 Å². The molecule has 0 aliphatic heterocycles. The van der Waals surface area contributed by atoms with Gasteiger partial charge in [-0.3, -0.25) is 14.2 Å². The highest BCUT2D eigenvalue weighted by atomic mass is 79.9. The molecule has 0 atom stereocenters. The van der Waals surface area contributed by atoms with Crippen molar-refractivity contribution >= 4 is 21.8 Å². The molecule has 20 heavy (non-hydrogen) atoms. The molecule has 2 aromatic heterocycles. The summed E-state index contributed by atoms with van der Waals surface area (Å²) in [6.07, 6.45) is 4.61. The Kier molecular flexibility index (Phi) is 4.94. The summed E-state index contributed by atoms with van der Waals surface area (Å²) in [6.45, 7) is 5.54. The Hall–Kier alpha value is -1.63. The molecule has 0 spiro atoms. The predicted molar refractivity (Wildman–Crippen MR) is 79.3 cm³/mol. The summed E-state index contributed by atoms with van der Waals surface area (Å²) in [5.41, 5.74) is 1.89. The Morgan fingerprint density at radius 1 is 1.35 bits per heavy atom. The number of halogens is 1. The van der Waals surface area contributed by atoms with E-state index in [1.54, 1.807) is 10.9 Å². The van der Waals surface area contributed by atoms with Crippen molar-refractivity contribution in [1.82, 2.24) is 24.9 Å². The zero-order valence-electron chi connectivity index (χ0n) is 11.6. The van der Waals surface area contributed by atoms with Crippen LogP contribution in [0.25, 0.3) is 0 Å². The first-order chi connectivity index (χ1) is 9.54. The summed E-state index contributed by atoms with van der Waals surface area (Å²) >= 11 is 3.37. The van der Waals surface area contributed by atoms with Crippen LogP contribution in [0.5, 0.6) is 0 Å². The minimum atomic E-state index is -0.0309. The number of hydrogen-bond acceptors (Lipinski definition) is 3. The molecule has 0 aliphatic rings. The molecule has 6 nitrogen and oxygen atoms in total. The van der Waals surface area contributed by atoms with E-state index in [-0.39, 0.29) is 12.5 Å². The van der Waals surface area contributed by atoms with Crippen LogP contribution in [0, 0.1) is 13.8 Å². The van der Waals surface area contributed by atoms with E-state index >= 15 is 0 Å². The lowest BCUT2D eigenvalue weighted by Crippen LogP contribution is -2.29. The molecule has 0 unspecified atom stereocenters. The first kappa shape index (κ1) is 14.8. The third-order valence-electron chi connectivity index (χ3n) is 2.85. The summed E-state index contributed by atoms with van der Waals surface area (Å²) in [7, 11) is 0. The highest BCUT2D eigenvalue weighted by Gasteiger charge is 2.06. The Labute approximate surface area is 126 Å². The molecule has 1 N–H and O–H groups in total. The molecule has 0 bridgehead atoms. The standard InChI is InChI=1S/C13H18BrN5O/c1-10-4-7-18(16-10)6-3-5-15-13(20)9-19-8-12(14)11(2)17-19/h4,7-8H,3,5-6,9H2,1-2H3,(H,15,20). The highest BCUT2D eigenvalue weighted by molar-refractivity contribution is 9.10. The van der Waals surface area contributed by atoms with Crippen LogP contribution in [0.2, 0.25) is 0 Å². The van der Waals surface area contributed by atoms with Crippen molar-refractivity contribution in [3.8, 4) is 0 Å². The van der Waals surface area contributed by atoms with Gasteiger partial charge in [-0.25, -0.2) is 0 Å². The summed E-state index contributed by atoms with van der Waals surface area (Å²) in [4.78, 5) is 11.7. The minimum absolute atomic E-state index is 0.0309. The monoisotopic (exact) mass is 339 g/mol. The second kappa shape index (κ2) is 6.69. The van der Waals surface area contributed by atoms with E-state index in [0.29, 0.717) is 6.54 Å². The molecule has 0 fully saturated rings. The lowest BCUT2D eigenvalue weighted by Gasteiger charge is -2.05. The van der Waals surface area contributed by atoms with Crippen LogP contribution in [0.3, 0.4) is 0 Å². The van der Waals surface area contributed by atoms with Crippen LogP contribution in [-0.4, -0.2) is 32.0 Å². The maximum Gasteiger partial charge on any atom is 0.241 e. The smallest absolute Gasteiger partial charge is 0.241 e. The molecular formula is C13H18BrN5O. The Morgan fingerprint density at radius 3 is 2.75 bits per heavy atom. The van der Waals surface area contributed by atoms with Gasteiger partial charge in [-0.1, -0.05) is 0 Å². The van der Waals surface area contributed by atoms with E-state index in [4.69, 9.17) is 0 Å². The van der Waals surface area contributed by atoms with Gasteiger partial charge in [-0.05, 0) is 42.3 Å². The zero-order valence-corrected chi connectivity index (χ0v) is 13.2. The molecule has 0 radical (unpaired) electrons. The van der Waals surface area contributed by atoms with Gasteiger partial charge in [-0.2, -0.15) is 10.2 Å². The van der Waals surface area contributed by atoms with Gasteiger partial charge in [0.25, 0.3) is 0 Å². The number of carbonyl (C=O) groups is 1. The normalized spacial score (nSPS) is 10.8. The van der Waals surface area contributed by atoms with Crippen LogP contribution in [0.15, 0.2) is 22.9 Å². The number of aromatic nitrogens is 4.